The second kappa shape index (κ2) is 6.34. The fraction of sp³-hybridized carbons (Fsp3) is 0.333. The van der Waals surface area contributed by atoms with E-state index in [0.29, 0.717) is 6.54 Å². The summed E-state index contributed by atoms with van der Waals surface area (Å²) in [5.74, 6) is 1.01. The van der Waals surface area contributed by atoms with Crippen LogP contribution >= 0.6 is 0 Å². The number of rotatable bonds is 5. The molecule has 5 heteroatoms. The van der Waals surface area contributed by atoms with E-state index in [-0.39, 0.29) is 5.95 Å². The van der Waals surface area contributed by atoms with Crippen LogP contribution in [0.2, 0.25) is 0 Å². The lowest BCUT2D eigenvalue weighted by Crippen LogP contribution is -2.10. The van der Waals surface area contributed by atoms with Gasteiger partial charge in [0.05, 0.1) is 5.69 Å². The van der Waals surface area contributed by atoms with Crippen molar-refractivity contribution < 1.29 is 0 Å². The highest BCUT2D eigenvalue weighted by molar-refractivity contribution is 5.65. The zero-order valence-electron chi connectivity index (χ0n) is 12.0. The van der Waals surface area contributed by atoms with Crippen molar-refractivity contribution in [2.45, 2.75) is 20.3 Å². The van der Waals surface area contributed by atoms with Crippen molar-refractivity contribution in [2.24, 2.45) is 5.73 Å². The molecule has 0 saturated heterocycles. The van der Waals surface area contributed by atoms with Gasteiger partial charge in [0.2, 0.25) is 5.95 Å². The smallest absolute Gasteiger partial charge is 0.222 e. The van der Waals surface area contributed by atoms with Crippen LogP contribution in [0, 0.1) is 13.8 Å². The van der Waals surface area contributed by atoms with E-state index in [4.69, 9.17) is 11.5 Å². The summed E-state index contributed by atoms with van der Waals surface area (Å²) in [6, 6.07) is 8.24. The van der Waals surface area contributed by atoms with Gasteiger partial charge in [0.15, 0.2) is 0 Å². The molecule has 5 nitrogen and oxygen atoms in total. The van der Waals surface area contributed by atoms with Crippen molar-refractivity contribution in [2.75, 3.05) is 24.1 Å². The lowest BCUT2D eigenvalue weighted by Gasteiger charge is -2.09. The number of anilines is 2. The van der Waals surface area contributed by atoms with Crippen molar-refractivity contribution in [3.05, 3.63) is 35.4 Å². The topological polar surface area (TPSA) is 89.8 Å². The number of aryl methyl sites for hydroxylation is 2. The third kappa shape index (κ3) is 3.68. The molecule has 0 aliphatic carbocycles. The highest BCUT2D eigenvalue weighted by Gasteiger charge is 2.06. The molecule has 0 bridgehead atoms. The third-order valence-electron chi connectivity index (χ3n) is 2.95. The van der Waals surface area contributed by atoms with Crippen LogP contribution in [-0.2, 0) is 0 Å². The van der Waals surface area contributed by atoms with Crippen molar-refractivity contribution in [1.29, 1.82) is 0 Å². The summed E-state index contributed by atoms with van der Waals surface area (Å²) in [5, 5.41) is 3.21. The van der Waals surface area contributed by atoms with E-state index in [9.17, 15) is 0 Å². The molecule has 1 aromatic carbocycles. The quantitative estimate of drug-likeness (QED) is 0.725. The summed E-state index contributed by atoms with van der Waals surface area (Å²) in [5.41, 5.74) is 15.6. The Bertz CT molecular complexity index is 575. The first kappa shape index (κ1) is 14.3. The molecule has 0 aliphatic heterocycles. The van der Waals surface area contributed by atoms with Crippen LogP contribution < -0.4 is 16.8 Å². The van der Waals surface area contributed by atoms with Gasteiger partial charge in [0, 0.05) is 18.2 Å². The zero-order chi connectivity index (χ0) is 14.5. The molecular formula is C15H21N5. The summed E-state index contributed by atoms with van der Waals surface area (Å²) in [4.78, 5) is 8.51. The second-order valence-corrected chi connectivity index (χ2v) is 4.94. The molecule has 5 N–H and O–H groups in total. The van der Waals surface area contributed by atoms with E-state index < -0.39 is 0 Å². The maximum atomic E-state index is 5.79. The number of nitrogens with two attached hydrogens (primary N) is 2. The first-order valence-corrected chi connectivity index (χ1v) is 6.75. The number of hydrogen-bond donors (Lipinski definition) is 3. The number of aromatic nitrogens is 2. The van der Waals surface area contributed by atoms with Crippen molar-refractivity contribution in [3.63, 3.8) is 0 Å². The maximum absolute atomic E-state index is 5.79. The van der Waals surface area contributed by atoms with Crippen LogP contribution in [0.4, 0.5) is 11.8 Å². The van der Waals surface area contributed by atoms with E-state index in [0.717, 1.165) is 30.0 Å². The number of nitrogens with zero attached hydrogens (tertiary/aromatic N) is 2. The highest BCUT2D eigenvalue weighted by atomic mass is 15.1. The van der Waals surface area contributed by atoms with Crippen molar-refractivity contribution in [1.82, 2.24) is 9.97 Å². The van der Waals surface area contributed by atoms with Gasteiger partial charge >= 0.3 is 0 Å². The highest BCUT2D eigenvalue weighted by Crippen LogP contribution is 2.23. The molecule has 2 aromatic rings. The molecule has 0 spiro atoms. The van der Waals surface area contributed by atoms with E-state index in [1.54, 1.807) is 0 Å². The lowest BCUT2D eigenvalue weighted by atomic mass is 10.0. The van der Waals surface area contributed by atoms with E-state index in [2.05, 4.69) is 47.3 Å². The van der Waals surface area contributed by atoms with Gasteiger partial charge in [-0.2, -0.15) is 4.98 Å². The predicted octanol–water partition coefficient (Wildman–Crippen LogP) is 2.10. The Morgan fingerprint density at radius 2 is 1.75 bits per heavy atom. The minimum Gasteiger partial charge on any atom is -0.370 e. The van der Waals surface area contributed by atoms with E-state index >= 15 is 0 Å². The largest absolute Gasteiger partial charge is 0.370 e. The van der Waals surface area contributed by atoms with Gasteiger partial charge in [0.1, 0.15) is 5.82 Å². The predicted molar refractivity (Wildman–Crippen MR) is 83.5 cm³/mol. The average molecular weight is 271 g/mol. The van der Waals surface area contributed by atoms with Gasteiger partial charge in [-0.05, 0) is 38.9 Å². The van der Waals surface area contributed by atoms with Crippen molar-refractivity contribution in [3.8, 4) is 11.3 Å². The van der Waals surface area contributed by atoms with Gasteiger partial charge < -0.3 is 16.8 Å². The third-order valence-corrected chi connectivity index (χ3v) is 2.95. The Balaban J connectivity index is 2.31. The second-order valence-electron chi connectivity index (χ2n) is 4.94. The van der Waals surface area contributed by atoms with Gasteiger partial charge in [-0.1, -0.05) is 17.2 Å². The van der Waals surface area contributed by atoms with Crippen LogP contribution in [0.5, 0.6) is 0 Å². The normalized spacial score (nSPS) is 10.6. The standard InChI is InChI=1S/C15H21N5/c1-10-6-11(2)8-12(7-10)13-9-14(18-5-3-4-16)20-15(17)19-13/h6-9H,3-5,16H2,1-2H3,(H3,17,18,19,20). The van der Waals surface area contributed by atoms with Crippen LogP contribution in [0.25, 0.3) is 11.3 Å². The molecule has 1 heterocycles. The summed E-state index contributed by atoms with van der Waals surface area (Å²) >= 11 is 0. The summed E-state index contributed by atoms with van der Waals surface area (Å²) in [6.45, 7) is 5.57. The fourth-order valence-electron chi connectivity index (χ4n) is 2.15. The monoisotopic (exact) mass is 271 g/mol. The summed E-state index contributed by atoms with van der Waals surface area (Å²) < 4.78 is 0. The first-order valence-electron chi connectivity index (χ1n) is 6.75. The molecule has 0 radical (unpaired) electrons. The van der Waals surface area contributed by atoms with Crippen LogP contribution in [-0.4, -0.2) is 23.1 Å². The van der Waals surface area contributed by atoms with Crippen LogP contribution in [0.15, 0.2) is 24.3 Å². The Morgan fingerprint density at radius 3 is 2.40 bits per heavy atom. The van der Waals surface area contributed by atoms with E-state index in [1.165, 1.54) is 11.1 Å². The summed E-state index contributed by atoms with van der Waals surface area (Å²) in [7, 11) is 0. The van der Waals surface area contributed by atoms with E-state index in [1.807, 2.05) is 6.07 Å². The molecule has 0 fully saturated rings. The van der Waals surface area contributed by atoms with Gasteiger partial charge in [-0.15, -0.1) is 0 Å². The average Bonchev–Trinajstić information content (AvgIpc) is 2.37. The molecule has 2 rings (SSSR count). The molecular weight excluding hydrogens is 250 g/mol. The lowest BCUT2D eigenvalue weighted by molar-refractivity contribution is 0.869. The van der Waals surface area contributed by atoms with Crippen LogP contribution in [0.3, 0.4) is 0 Å². The van der Waals surface area contributed by atoms with Gasteiger partial charge in [-0.3, -0.25) is 0 Å². The number of nitrogens with one attached hydrogen (secondary N) is 1. The maximum Gasteiger partial charge on any atom is 0.222 e. The minimum absolute atomic E-state index is 0.275. The van der Waals surface area contributed by atoms with Crippen LogP contribution in [0.1, 0.15) is 17.5 Å². The Morgan fingerprint density at radius 1 is 1.05 bits per heavy atom. The molecule has 0 atom stereocenters. The number of nitrogen functional groups attached to an aromatic ring is 1. The Kier molecular flexibility index (Phi) is 4.53. The zero-order valence-corrected chi connectivity index (χ0v) is 12.0. The van der Waals surface area contributed by atoms with Gasteiger partial charge in [-0.25, -0.2) is 4.98 Å². The Hall–Kier alpha value is -2.14. The SMILES string of the molecule is Cc1cc(C)cc(-c2cc(NCCCN)nc(N)n2)c1. The fourth-order valence-corrected chi connectivity index (χ4v) is 2.15. The van der Waals surface area contributed by atoms with Crippen molar-refractivity contribution >= 4 is 11.8 Å². The van der Waals surface area contributed by atoms with Gasteiger partial charge in [0.25, 0.3) is 0 Å². The molecule has 20 heavy (non-hydrogen) atoms. The molecule has 0 aliphatic rings. The number of hydrogen-bond acceptors (Lipinski definition) is 5. The summed E-state index contributed by atoms with van der Waals surface area (Å²) in [6.07, 6.45) is 0.892. The first-order chi connectivity index (χ1) is 9.58. The molecule has 1 aromatic heterocycles. The molecule has 0 unspecified atom stereocenters. The Labute approximate surface area is 119 Å². The molecule has 0 saturated carbocycles. The number of benzene rings is 1. The molecule has 106 valence electrons. The minimum atomic E-state index is 0.275. The molecule has 0 amide bonds.